The summed E-state index contributed by atoms with van der Waals surface area (Å²) in [6.45, 7) is 13.1. The Morgan fingerprint density at radius 3 is 2.36 bits per heavy atom. The van der Waals surface area contributed by atoms with E-state index < -0.39 is 17.1 Å². The van der Waals surface area contributed by atoms with Crippen LogP contribution in [0.4, 0.5) is 4.79 Å². The van der Waals surface area contributed by atoms with Crippen molar-refractivity contribution in [3.63, 3.8) is 0 Å². The Bertz CT molecular complexity index is 1370. The summed E-state index contributed by atoms with van der Waals surface area (Å²) in [6.07, 6.45) is 8.05. The summed E-state index contributed by atoms with van der Waals surface area (Å²) in [5, 5.41) is 0. The zero-order valence-electron chi connectivity index (χ0n) is 26.7. The quantitative estimate of drug-likeness (QED) is 0.279. The van der Waals surface area contributed by atoms with Crippen molar-refractivity contribution in [3.8, 4) is 11.5 Å². The van der Waals surface area contributed by atoms with Crippen LogP contribution in [0.5, 0.6) is 11.5 Å². The molecule has 242 valence electrons. The van der Waals surface area contributed by atoms with Crippen LogP contribution in [0.15, 0.2) is 34.1 Å². The highest BCUT2D eigenvalue weighted by molar-refractivity contribution is 9.10. The minimum absolute atomic E-state index is 0.121. The molecule has 0 aromatic heterocycles. The van der Waals surface area contributed by atoms with Gasteiger partial charge in [0.1, 0.15) is 33.9 Å². The molecule has 44 heavy (non-hydrogen) atoms. The van der Waals surface area contributed by atoms with Crippen molar-refractivity contribution in [3.05, 3.63) is 45.3 Å². The van der Waals surface area contributed by atoms with Crippen LogP contribution in [-0.4, -0.2) is 65.7 Å². The number of nitrogens with zero attached hydrogens (tertiary/aromatic N) is 2. The predicted octanol–water partition coefficient (Wildman–Crippen LogP) is 6.15. The number of carbonyl (C=O) groups excluding carboxylic acids is 2. The van der Waals surface area contributed by atoms with Crippen LogP contribution in [-0.2, 0) is 25.8 Å². The lowest BCUT2D eigenvalue weighted by molar-refractivity contribution is -0.423. The highest BCUT2D eigenvalue weighted by Crippen LogP contribution is 2.48. The summed E-state index contributed by atoms with van der Waals surface area (Å²) >= 11 is 3.65. The summed E-state index contributed by atoms with van der Waals surface area (Å²) in [5.41, 5.74) is 7.66. The summed E-state index contributed by atoms with van der Waals surface area (Å²) in [4.78, 5) is 40.2. The molecule has 0 saturated carbocycles. The van der Waals surface area contributed by atoms with E-state index in [-0.39, 0.29) is 29.7 Å². The van der Waals surface area contributed by atoms with E-state index in [1.807, 2.05) is 46.4 Å². The maximum Gasteiger partial charge on any atom is 0.410 e. The standard InChI is InChI=1S/C32H44BrN3O8/c1-29(2,3)42-28(38)35-14-12-31(13-15-35)10-8-20(9-11-31)18-40-26-22-17-36(27(37)21(22)16-23(39-7)25(26)33)32(43-30(4,5)6)24(34)19-41-44-32/h8,16,19H,9-15,17-18,34H2,1-7H3. The molecule has 1 spiro atoms. The first-order chi connectivity index (χ1) is 20.6. The Hall–Kier alpha value is -2.96. The Morgan fingerprint density at radius 1 is 1.11 bits per heavy atom. The molecule has 1 atom stereocenters. The lowest BCUT2D eigenvalue weighted by atomic mass is 9.69. The van der Waals surface area contributed by atoms with E-state index in [2.05, 4.69) is 22.0 Å². The van der Waals surface area contributed by atoms with Crippen molar-refractivity contribution >= 4 is 27.9 Å². The van der Waals surface area contributed by atoms with E-state index in [1.54, 1.807) is 13.2 Å². The van der Waals surface area contributed by atoms with Crippen molar-refractivity contribution in [2.24, 2.45) is 11.1 Å². The molecule has 0 bridgehead atoms. The number of carbonyl (C=O) groups is 2. The Kier molecular flexibility index (Phi) is 8.67. The van der Waals surface area contributed by atoms with Crippen LogP contribution in [0.25, 0.3) is 0 Å². The Labute approximate surface area is 267 Å². The number of hydrogen-bond acceptors (Lipinski definition) is 9. The largest absolute Gasteiger partial charge is 0.495 e. The first-order valence-corrected chi connectivity index (χ1v) is 15.9. The number of ether oxygens (including phenoxy) is 4. The Morgan fingerprint density at radius 2 is 1.82 bits per heavy atom. The number of allylic oxidation sites excluding steroid dienone is 1. The molecule has 3 aliphatic heterocycles. The van der Waals surface area contributed by atoms with Gasteiger partial charge in [0.25, 0.3) is 5.91 Å². The lowest BCUT2D eigenvalue weighted by Gasteiger charge is -2.43. The van der Waals surface area contributed by atoms with Gasteiger partial charge in [0.15, 0.2) is 6.26 Å². The molecule has 11 nitrogen and oxygen atoms in total. The second-order valence-electron chi connectivity index (χ2n) is 14.0. The van der Waals surface area contributed by atoms with E-state index in [4.69, 9.17) is 34.5 Å². The zero-order chi connectivity index (χ0) is 32.1. The van der Waals surface area contributed by atoms with E-state index in [0.29, 0.717) is 46.8 Å². The number of likely N-dealkylation sites (tertiary alicyclic amines) is 1. The smallest absolute Gasteiger partial charge is 0.410 e. The molecule has 3 heterocycles. The number of piperidine rings is 1. The third kappa shape index (κ3) is 6.39. The van der Waals surface area contributed by atoms with E-state index in [0.717, 1.165) is 32.1 Å². The molecule has 1 aliphatic carbocycles. The first-order valence-electron chi connectivity index (χ1n) is 15.1. The number of methoxy groups -OCH3 is 1. The fourth-order valence-electron chi connectivity index (χ4n) is 6.15. The molecule has 2 amide bonds. The van der Waals surface area contributed by atoms with E-state index in [1.165, 1.54) is 16.7 Å². The lowest BCUT2D eigenvalue weighted by Crippen LogP contribution is -2.57. The molecule has 0 radical (unpaired) electrons. The van der Waals surface area contributed by atoms with E-state index in [9.17, 15) is 9.59 Å². The van der Waals surface area contributed by atoms with Crippen LogP contribution in [0.1, 0.15) is 89.6 Å². The van der Waals surface area contributed by atoms with Gasteiger partial charge in [-0.1, -0.05) is 6.08 Å². The number of benzene rings is 1. The summed E-state index contributed by atoms with van der Waals surface area (Å²) in [5.74, 6) is -1.09. The summed E-state index contributed by atoms with van der Waals surface area (Å²) in [6, 6.07) is 1.68. The van der Waals surface area contributed by atoms with Crippen LogP contribution in [0.3, 0.4) is 0 Å². The first kappa shape index (κ1) is 32.4. The monoisotopic (exact) mass is 677 g/mol. The SMILES string of the molecule is COc1cc2c(c(OCC3=CCC4(CC3)CCN(C(=O)OC(C)(C)C)CC4)c1Br)CN(C1(OC(C)(C)C)OOC=C1N)C2=O. The highest BCUT2D eigenvalue weighted by atomic mass is 79.9. The molecule has 4 aliphatic rings. The average Bonchev–Trinajstić information content (AvgIpc) is 3.46. The summed E-state index contributed by atoms with van der Waals surface area (Å²) in [7, 11) is 1.55. The van der Waals surface area contributed by atoms with Crippen LogP contribution in [0, 0.1) is 5.41 Å². The number of rotatable bonds is 6. The van der Waals surface area contributed by atoms with Crippen LogP contribution < -0.4 is 15.2 Å². The normalized spacial score (nSPS) is 23.2. The molecule has 1 fully saturated rings. The molecule has 1 aromatic carbocycles. The third-order valence-electron chi connectivity index (χ3n) is 8.48. The molecule has 12 heteroatoms. The van der Waals surface area contributed by atoms with Crippen LogP contribution in [0.2, 0.25) is 0 Å². The molecule has 1 unspecified atom stereocenters. The number of hydrogen-bond donors (Lipinski definition) is 1. The maximum absolute atomic E-state index is 13.8. The van der Waals surface area contributed by atoms with Gasteiger partial charge in [-0.15, -0.1) is 4.89 Å². The molecular formula is C32H44BrN3O8. The minimum atomic E-state index is -1.73. The zero-order valence-corrected chi connectivity index (χ0v) is 28.3. The predicted molar refractivity (Wildman–Crippen MR) is 165 cm³/mol. The van der Waals surface area contributed by atoms with Crippen molar-refractivity contribution in [1.82, 2.24) is 9.80 Å². The number of nitrogens with two attached hydrogens (primary N) is 1. The van der Waals surface area contributed by atoms with Gasteiger partial charge < -0.3 is 34.5 Å². The van der Waals surface area contributed by atoms with Crippen molar-refractivity contribution in [2.45, 2.75) is 97.3 Å². The molecule has 2 N–H and O–H groups in total. The van der Waals surface area contributed by atoms with Gasteiger partial charge in [-0.05, 0) is 107 Å². The second-order valence-corrected chi connectivity index (χ2v) is 14.8. The minimum Gasteiger partial charge on any atom is -0.495 e. The van der Waals surface area contributed by atoms with Gasteiger partial charge >= 0.3 is 12.0 Å². The van der Waals surface area contributed by atoms with Crippen molar-refractivity contribution in [1.29, 1.82) is 0 Å². The Balaban J connectivity index is 1.30. The fraction of sp³-hybridized carbons (Fsp3) is 0.625. The second kappa shape index (κ2) is 11.8. The summed E-state index contributed by atoms with van der Waals surface area (Å²) < 4.78 is 24.4. The van der Waals surface area contributed by atoms with Crippen molar-refractivity contribution in [2.75, 3.05) is 26.8 Å². The number of amides is 2. The highest BCUT2D eigenvalue weighted by Gasteiger charge is 2.56. The fourth-order valence-corrected chi connectivity index (χ4v) is 6.78. The van der Waals surface area contributed by atoms with Gasteiger partial charge in [-0.3, -0.25) is 9.69 Å². The third-order valence-corrected chi connectivity index (χ3v) is 9.23. The molecule has 5 rings (SSSR count). The van der Waals surface area contributed by atoms with Crippen LogP contribution >= 0.6 is 15.9 Å². The maximum atomic E-state index is 13.8. The molecule has 1 saturated heterocycles. The van der Waals surface area contributed by atoms with Gasteiger partial charge in [0, 0.05) is 18.7 Å². The van der Waals surface area contributed by atoms with Crippen molar-refractivity contribution < 1.29 is 38.3 Å². The van der Waals surface area contributed by atoms with Gasteiger partial charge in [0.05, 0.1) is 24.8 Å². The van der Waals surface area contributed by atoms with Gasteiger partial charge in [0.2, 0.25) is 0 Å². The molecular weight excluding hydrogens is 634 g/mol. The average molecular weight is 679 g/mol. The topological polar surface area (TPSA) is 122 Å². The van der Waals surface area contributed by atoms with Gasteiger partial charge in [-0.25, -0.2) is 4.79 Å². The van der Waals surface area contributed by atoms with Gasteiger partial charge in [-0.2, -0.15) is 0 Å². The number of fused-ring (bicyclic) bond motifs is 1. The van der Waals surface area contributed by atoms with E-state index >= 15 is 0 Å². The number of halogens is 1. The molecule has 1 aromatic rings.